The Bertz CT molecular complexity index is 487. The van der Waals surface area contributed by atoms with Gasteiger partial charge in [-0.3, -0.25) is 9.59 Å². The first kappa shape index (κ1) is 13.5. The average molecular weight is 261 g/mol. The predicted molar refractivity (Wildman–Crippen MR) is 74.0 cm³/mol. The summed E-state index contributed by atoms with van der Waals surface area (Å²) in [6.45, 7) is 2.98. The van der Waals surface area contributed by atoms with E-state index in [2.05, 4.69) is 5.32 Å². The molecule has 5 nitrogen and oxygen atoms in total. The van der Waals surface area contributed by atoms with E-state index in [0.29, 0.717) is 18.5 Å². The lowest BCUT2D eigenvalue weighted by Crippen LogP contribution is -2.37. The van der Waals surface area contributed by atoms with Gasteiger partial charge in [-0.1, -0.05) is 6.07 Å². The molecule has 1 aliphatic heterocycles. The maximum Gasteiger partial charge on any atom is 0.251 e. The molecule has 0 spiro atoms. The summed E-state index contributed by atoms with van der Waals surface area (Å²) in [6, 6.07) is 7.07. The van der Waals surface area contributed by atoms with Gasteiger partial charge in [0.25, 0.3) is 5.91 Å². The number of carbonyl (C=O) groups is 2. The number of nitrogens with zero attached hydrogens (tertiary/aromatic N) is 1. The fraction of sp³-hybridized carbons (Fsp3) is 0.429. The Morgan fingerprint density at radius 3 is 2.95 bits per heavy atom. The Kier molecular flexibility index (Phi) is 4.16. The number of benzene rings is 1. The van der Waals surface area contributed by atoms with Crippen LogP contribution in [0.3, 0.4) is 0 Å². The van der Waals surface area contributed by atoms with Crippen LogP contribution in [0.4, 0.5) is 5.69 Å². The quantitative estimate of drug-likeness (QED) is 0.845. The van der Waals surface area contributed by atoms with Gasteiger partial charge < -0.3 is 16.0 Å². The third-order valence-corrected chi connectivity index (χ3v) is 3.22. The van der Waals surface area contributed by atoms with Gasteiger partial charge in [-0.15, -0.1) is 0 Å². The van der Waals surface area contributed by atoms with Gasteiger partial charge in [0.05, 0.1) is 0 Å². The monoisotopic (exact) mass is 261 g/mol. The minimum absolute atomic E-state index is 0.0652. The van der Waals surface area contributed by atoms with E-state index in [4.69, 9.17) is 5.73 Å². The lowest BCUT2D eigenvalue weighted by molar-refractivity contribution is -0.117. The first-order valence-corrected chi connectivity index (χ1v) is 6.53. The van der Waals surface area contributed by atoms with Crippen molar-refractivity contribution < 1.29 is 9.59 Å². The summed E-state index contributed by atoms with van der Waals surface area (Å²) >= 11 is 0. The molecule has 2 amide bonds. The Labute approximate surface area is 112 Å². The van der Waals surface area contributed by atoms with Gasteiger partial charge in [-0.2, -0.15) is 0 Å². The zero-order chi connectivity index (χ0) is 13.8. The van der Waals surface area contributed by atoms with E-state index in [1.54, 1.807) is 23.1 Å². The number of hydrogen-bond donors (Lipinski definition) is 2. The zero-order valence-corrected chi connectivity index (χ0v) is 11.1. The van der Waals surface area contributed by atoms with Gasteiger partial charge in [-0.25, -0.2) is 0 Å². The Balaban J connectivity index is 2.15. The van der Waals surface area contributed by atoms with E-state index in [1.807, 2.05) is 13.0 Å². The van der Waals surface area contributed by atoms with Crippen molar-refractivity contribution in [2.24, 2.45) is 5.73 Å². The van der Waals surface area contributed by atoms with E-state index in [9.17, 15) is 9.59 Å². The van der Waals surface area contributed by atoms with Crippen molar-refractivity contribution in [1.29, 1.82) is 0 Å². The molecule has 1 aliphatic rings. The summed E-state index contributed by atoms with van der Waals surface area (Å²) in [5.41, 5.74) is 6.82. The van der Waals surface area contributed by atoms with Crippen molar-refractivity contribution in [1.82, 2.24) is 5.32 Å². The number of anilines is 1. The van der Waals surface area contributed by atoms with Crippen LogP contribution >= 0.6 is 0 Å². The van der Waals surface area contributed by atoms with Gasteiger partial charge in [-0.05, 0) is 31.5 Å². The first-order valence-electron chi connectivity index (χ1n) is 6.53. The molecule has 0 unspecified atom stereocenters. The van der Waals surface area contributed by atoms with Crippen molar-refractivity contribution in [3.05, 3.63) is 29.8 Å². The van der Waals surface area contributed by atoms with Crippen LogP contribution in [-0.2, 0) is 4.79 Å². The van der Waals surface area contributed by atoms with Crippen LogP contribution in [0.25, 0.3) is 0 Å². The molecule has 19 heavy (non-hydrogen) atoms. The number of amides is 2. The molecule has 2 rings (SSSR count). The molecule has 102 valence electrons. The molecule has 0 bridgehead atoms. The topological polar surface area (TPSA) is 75.4 Å². The second-order valence-corrected chi connectivity index (χ2v) is 4.81. The lowest BCUT2D eigenvalue weighted by Gasteiger charge is -2.17. The molecule has 5 heteroatoms. The second kappa shape index (κ2) is 5.84. The largest absolute Gasteiger partial charge is 0.348 e. The maximum atomic E-state index is 12.0. The Morgan fingerprint density at radius 1 is 1.53 bits per heavy atom. The third-order valence-electron chi connectivity index (χ3n) is 3.22. The molecule has 1 saturated heterocycles. The van der Waals surface area contributed by atoms with Crippen LogP contribution in [-0.4, -0.2) is 30.9 Å². The molecule has 1 atom stereocenters. The summed E-state index contributed by atoms with van der Waals surface area (Å²) in [5, 5.41) is 2.81. The molecule has 1 heterocycles. The van der Waals surface area contributed by atoms with E-state index >= 15 is 0 Å². The van der Waals surface area contributed by atoms with Gasteiger partial charge in [0, 0.05) is 36.8 Å². The summed E-state index contributed by atoms with van der Waals surface area (Å²) in [5.74, 6) is -0.0423. The number of carbonyl (C=O) groups excluding carboxylic acids is 2. The van der Waals surface area contributed by atoms with E-state index in [0.717, 1.165) is 18.7 Å². The smallest absolute Gasteiger partial charge is 0.251 e. The highest BCUT2D eigenvalue weighted by molar-refractivity contribution is 5.99. The summed E-state index contributed by atoms with van der Waals surface area (Å²) in [7, 11) is 0. The van der Waals surface area contributed by atoms with Crippen molar-refractivity contribution >= 4 is 17.5 Å². The molecular formula is C14H19N3O2. The highest BCUT2D eigenvalue weighted by Crippen LogP contribution is 2.22. The standard InChI is InChI=1S/C14H19N3O2/c1-10(9-15)16-14(19)11-4-2-5-12(8-11)17-7-3-6-13(17)18/h2,4-5,8,10H,3,6-7,9,15H2,1H3,(H,16,19)/t10-/m0/s1. The van der Waals surface area contributed by atoms with E-state index < -0.39 is 0 Å². The molecule has 0 saturated carbocycles. The second-order valence-electron chi connectivity index (χ2n) is 4.81. The number of hydrogen-bond acceptors (Lipinski definition) is 3. The normalized spacial score (nSPS) is 16.5. The predicted octanol–water partition coefficient (Wildman–Crippen LogP) is 0.890. The fourth-order valence-electron chi connectivity index (χ4n) is 2.10. The SMILES string of the molecule is C[C@@H](CN)NC(=O)c1cccc(N2CCCC2=O)c1. The highest BCUT2D eigenvalue weighted by atomic mass is 16.2. The van der Waals surface area contributed by atoms with Crippen molar-refractivity contribution in [2.75, 3.05) is 18.0 Å². The fourth-order valence-corrected chi connectivity index (χ4v) is 2.10. The lowest BCUT2D eigenvalue weighted by atomic mass is 10.1. The number of nitrogens with one attached hydrogen (secondary N) is 1. The van der Waals surface area contributed by atoms with Crippen molar-refractivity contribution in [3.63, 3.8) is 0 Å². The molecule has 3 N–H and O–H groups in total. The van der Waals surface area contributed by atoms with Crippen molar-refractivity contribution in [2.45, 2.75) is 25.8 Å². The molecule has 0 aromatic heterocycles. The van der Waals surface area contributed by atoms with Crippen LogP contribution < -0.4 is 16.0 Å². The highest BCUT2D eigenvalue weighted by Gasteiger charge is 2.22. The summed E-state index contributed by atoms with van der Waals surface area (Å²) < 4.78 is 0. The van der Waals surface area contributed by atoms with E-state index in [1.165, 1.54) is 0 Å². The first-order chi connectivity index (χ1) is 9.11. The number of nitrogens with two attached hydrogens (primary N) is 1. The molecular weight excluding hydrogens is 242 g/mol. The van der Waals surface area contributed by atoms with Gasteiger partial charge in [0.1, 0.15) is 0 Å². The van der Waals surface area contributed by atoms with Crippen molar-refractivity contribution in [3.8, 4) is 0 Å². The van der Waals surface area contributed by atoms with Gasteiger partial charge in [0.2, 0.25) is 5.91 Å². The Morgan fingerprint density at radius 2 is 2.32 bits per heavy atom. The van der Waals surface area contributed by atoms with Gasteiger partial charge in [0.15, 0.2) is 0 Å². The number of rotatable bonds is 4. The van der Waals surface area contributed by atoms with Crippen LogP contribution in [0.15, 0.2) is 24.3 Å². The summed E-state index contributed by atoms with van der Waals surface area (Å²) in [4.78, 5) is 25.4. The van der Waals surface area contributed by atoms with Crippen LogP contribution in [0.2, 0.25) is 0 Å². The minimum Gasteiger partial charge on any atom is -0.348 e. The van der Waals surface area contributed by atoms with Gasteiger partial charge >= 0.3 is 0 Å². The minimum atomic E-state index is -0.161. The average Bonchev–Trinajstić information content (AvgIpc) is 2.85. The van der Waals surface area contributed by atoms with E-state index in [-0.39, 0.29) is 17.9 Å². The molecule has 1 aromatic carbocycles. The third kappa shape index (κ3) is 3.12. The maximum absolute atomic E-state index is 12.0. The molecule has 1 aromatic rings. The van der Waals surface area contributed by atoms with Crippen LogP contribution in [0.5, 0.6) is 0 Å². The van der Waals surface area contributed by atoms with Crippen LogP contribution in [0, 0.1) is 0 Å². The Hall–Kier alpha value is -1.88. The molecule has 0 radical (unpaired) electrons. The van der Waals surface area contributed by atoms with Crippen LogP contribution in [0.1, 0.15) is 30.1 Å². The zero-order valence-electron chi connectivity index (χ0n) is 11.1. The summed E-state index contributed by atoms with van der Waals surface area (Å²) in [6.07, 6.45) is 1.46. The molecule has 1 fully saturated rings. The molecule has 0 aliphatic carbocycles.